The van der Waals surface area contributed by atoms with Crippen molar-refractivity contribution in [1.29, 1.82) is 0 Å². The quantitative estimate of drug-likeness (QED) is 0.772. The number of nitrogen functional groups attached to an aromatic ring is 1. The van der Waals surface area contributed by atoms with Crippen molar-refractivity contribution < 1.29 is 8.42 Å². The van der Waals surface area contributed by atoms with Crippen LogP contribution in [0.2, 0.25) is 0 Å². The lowest BCUT2D eigenvalue weighted by Crippen LogP contribution is -2.39. The fourth-order valence-corrected chi connectivity index (χ4v) is 4.44. The Kier molecular flexibility index (Phi) is 5.65. The summed E-state index contributed by atoms with van der Waals surface area (Å²) in [5.41, 5.74) is 6.10. The molecule has 1 saturated heterocycles. The van der Waals surface area contributed by atoms with Gasteiger partial charge < -0.3 is 10.6 Å². The van der Waals surface area contributed by atoms with Gasteiger partial charge in [-0.05, 0) is 66.0 Å². The molecule has 1 aliphatic rings. The summed E-state index contributed by atoms with van der Waals surface area (Å²) in [4.78, 5) is 2.49. The van der Waals surface area contributed by atoms with Gasteiger partial charge in [-0.1, -0.05) is 6.92 Å². The Morgan fingerprint density at radius 2 is 2.05 bits per heavy atom. The highest BCUT2D eigenvalue weighted by Gasteiger charge is 2.19. The molecule has 2 rings (SSSR count). The number of nitrogens with one attached hydrogen (secondary N) is 1. The standard InChI is InChI=1S/C14H22BrN3O2S/c1-11-4-7-18(8-5-11)9-6-17-21(19,20)14-10-12(16)2-3-13(14)15/h2-3,10-11,17H,4-9,16H2,1H3. The summed E-state index contributed by atoms with van der Waals surface area (Å²) in [6.45, 7) is 5.51. The maximum Gasteiger partial charge on any atom is 0.241 e. The van der Waals surface area contributed by atoms with Gasteiger partial charge in [0.1, 0.15) is 0 Å². The van der Waals surface area contributed by atoms with E-state index in [2.05, 4.69) is 32.5 Å². The smallest absolute Gasteiger partial charge is 0.241 e. The number of anilines is 1. The Hall–Kier alpha value is -0.630. The number of halogens is 1. The molecule has 1 aromatic carbocycles. The average Bonchev–Trinajstić information content (AvgIpc) is 2.43. The maximum atomic E-state index is 12.3. The van der Waals surface area contributed by atoms with E-state index in [9.17, 15) is 8.42 Å². The SMILES string of the molecule is CC1CCN(CCNS(=O)(=O)c2cc(N)ccc2Br)CC1. The van der Waals surface area contributed by atoms with E-state index >= 15 is 0 Å². The van der Waals surface area contributed by atoms with Gasteiger partial charge in [-0.25, -0.2) is 13.1 Å². The third-order valence-corrected chi connectivity index (χ3v) is 6.30. The molecule has 0 atom stereocenters. The minimum absolute atomic E-state index is 0.190. The summed E-state index contributed by atoms with van der Waals surface area (Å²) in [6, 6.07) is 4.78. The Morgan fingerprint density at radius 1 is 1.38 bits per heavy atom. The number of sulfonamides is 1. The number of nitrogens with two attached hydrogens (primary N) is 1. The van der Waals surface area contributed by atoms with Crippen LogP contribution in [0.15, 0.2) is 27.6 Å². The number of rotatable bonds is 5. The first-order chi connectivity index (χ1) is 9.88. The summed E-state index contributed by atoms with van der Waals surface area (Å²) in [6.07, 6.45) is 2.38. The first kappa shape index (κ1) is 16.7. The van der Waals surface area contributed by atoms with Crippen molar-refractivity contribution in [2.75, 3.05) is 31.9 Å². The van der Waals surface area contributed by atoms with Crippen LogP contribution in [0.5, 0.6) is 0 Å². The number of benzene rings is 1. The molecule has 1 aliphatic heterocycles. The van der Waals surface area contributed by atoms with Gasteiger partial charge in [-0.3, -0.25) is 0 Å². The second-order valence-corrected chi connectivity index (χ2v) is 8.20. The first-order valence-corrected chi connectivity index (χ1v) is 9.43. The van der Waals surface area contributed by atoms with Gasteiger partial charge in [0, 0.05) is 23.2 Å². The maximum absolute atomic E-state index is 12.3. The lowest BCUT2D eigenvalue weighted by atomic mass is 9.99. The number of piperidine rings is 1. The molecule has 0 aliphatic carbocycles. The van der Waals surface area contributed by atoms with E-state index in [0.29, 0.717) is 16.7 Å². The zero-order chi connectivity index (χ0) is 15.5. The fourth-order valence-electron chi connectivity index (χ4n) is 2.43. The molecule has 0 unspecified atom stereocenters. The van der Waals surface area contributed by atoms with E-state index in [1.165, 1.54) is 18.9 Å². The van der Waals surface area contributed by atoms with Gasteiger partial charge in [0.05, 0.1) is 4.90 Å². The molecule has 0 bridgehead atoms. The third kappa shape index (κ3) is 4.67. The van der Waals surface area contributed by atoms with Crippen molar-refractivity contribution in [3.05, 3.63) is 22.7 Å². The molecule has 0 amide bonds. The highest BCUT2D eigenvalue weighted by Crippen LogP contribution is 2.24. The molecule has 21 heavy (non-hydrogen) atoms. The Labute approximate surface area is 135 Å². The van der Waals surface area contributed by atoms with Crippen LogP contribution < -0.4 is 10.5 Å². The van der Waals surface area contributed by atoms with E-state index in [1.54, 1.807) is 12.1 Å². The number of likely N-dealkylation sites (tertiary alicyclic amines) is 1. The first-order valence-electron chi connectivity index (χ1n) is 7.15. The number of hydrogen-bond donors (Lipinski definition) is 2. The van der Waals surface area contributed by atoms with Crippen LogP contribution in [-0.4, -0.2) is 39.5 Å². The topological polar surface area (TPSA) is 75.4 Å². The van der Waals surface area contributed by atoms with Gasteiger partial charge in [-0.2, -0.15) is 0 Å². The molecule has 0 aromatic heterocycles. The zero-order valence-electron chi connectivity index (χ0n) is 12.2. The van der Waals surface area contributed by atoms with Gasteiger partial charge in [0.15, 0.2) is 0 Å². The van der Waals surface area contributed by atoms with Crippen LogP contribution in [0, 0.1) is 5.92 Å². The second kappa shape index (κ2) is 7.09. The normalized spacial score (nSPS) is 18.0. The highest BCUT2D eigenvalue weighted by molar-refractivity contribution is 9.10. The van der Waals surface area contributed by atoms with E-state index in [-0.39, 0.29) is 4.90 Å². The van der Waals surface area contributed by atoms with Crippen molar-refractivity contribution in [1.82, 2.24) is 9.62 Å². The second-order valence-electron chi connectivity index (χ2n) is 5.61. The summed E-state index contributed by atoms with van der Waals surface area (Å²) >= 11 is 3.26. The molecule has 0 radical (unpaired) electrons. The van der Waals surface area contributed by atoms with Crippen LogP contribution in [-0.2, 0) is 10.0 Å². The molecule has 0 saturated carbocycles. The molecule has 1 fully saturated rings. The van der Waals surface area contributed by atoms with Crippen LogP contribution in [0.4, 0.5) is 5.69 Å². The predicted octanol–water partition coefficient (Wildman–Crippen LogP) is 2.04. The van der Waals surface area contributed by atoms with Crippen LogP contribution in [0.25, 0.3) is 0 Å². The highest BCUT2D eigenvalue weighted by atomic mass is 79.9. The van der Waals surface area contributed by atoms with E-state index < -0.39 is 10.0 Å². The lowest BCUT2D eigenvalue weighted by Gasteiger charge is -2.30. The summed E-state index contributed by atoms with van der Waals surface area (Å²) < 4.78 is 27.7. The minimum Gasteiger partial charge on any atom is -0.399 e. The van der Waals surface area contributed by atoms with Crippen molar-refractivity contribution in [3.8, 4) is 0 Å². The summed E-state index contributed by atoms with van der Waals surface area (Å²) in [7, 11) is -3.53. The Morgan fingerprint density at radius 3 is 2.71 bits per heavy atom. The molecule has 5 nitrogen and oxygen atoms in total. The van der Waals surface area contributed by atoms with Crippen LogP contribution in [0.1, 0.15) is 19.8 Å². The zero-order valence-corrected chi connectivity index (χ0v) is 14.6. The summed E-state index contributed by atoms with van der Waals surface area (Å²) in [5.74, 6) is 0.779. The van der Waals surface area contributed by atoms with E-state index in [4.69, 9.17) is 5.73 Å². The van der Waals surface area contributed by atoms with Gasteiger partial charge >= 0.3 is 0 Å². The Balaban J connectivity index is 1.91. The largest absolute Gasteiger partial charge is 0.399 e. The lowest BCUT2D eigenvalue weighted by molar-refractivity contribution is 0.195. The van der Waals surface area contributed by atoms with Crippen molar-refractivity contribution >= 4 is 31.6 Å². The van der Waals surface area contributed by atoms with Crippen LogP contribution >= 0.6 is 15.9 Å². The molecular formula is C14H22BrN3O2S. The van der Waals surface area contributed by atoms with Crippen LogP contribution in [0.3, 0.4) is 0 Å². The monoisotopic (exact) mass is 375 g/mol. The molecule has 0 spiro atoms. The fraction of sp³-hybridized carbons (Fsp3) is 0.571. The molecule has 1 heterocycles. The third-order valence-electron chi connectivity index (χ3n) is 3.84. The predicted molar refractivity (Wildman–Crippen MR) is 88.6 cm³/mol. The molecule has 1 aromatic rings. The van der Waals surface area contributed by atoms with Gasteiger partial charge in [0.25, 0.3) is 0 Å². The Bertz CT molecular complexity index is 584. The molecule has 3 N–H and O–H groups in total. The van der Waals surface area contributed by atoms with E-state index in [0.717, 1.165) is 25.6 Å². The summed E-state index contributed by atoms with van der Waals surface area (Å²) in [5, 5.41) is 0. The van der Waals surface area contributed by atoms with Gasteiger partial charge in [0.2, 0.25) is 10.0 Å². The van der Waals surface area contributed by atoms with Gasteiger partial charge in [-0.15, -0.1) is 0 Å². The molecular weight excluding hydrogens is 354 g/mol. The minimum atomic E-state index is -3.53. The van der Waals surface area contributed by atoms with Crippen molar-refractivity contribution in [2.45, 2.75) is 24.7 Å². The molecule has 118 valence electrons. The van der Waals surface area contributed by atoms with Crippen molar-refractivity contribution in [3.63, 3.8) is 0 Å². The number of hydrogen-bond acceptors (Lipinski definition) is 4. The van der Waals surface area contributed by atoms with Crippen molar-refractivity contribution in [2.24, 2.45) is 5.92 Å². The number of nitrogens with zero attached hydrogens (tertiary/aromatic N) is 1. The molecule has 7 heteroatoms. The van der Waals surface area contributed by atoms with E-state index in [1.807, 2.05) is 0 Å². The average molecular weight is 376 g/mol.